The molecule has 0 aromatic heterocycles. The lowest BCUT2D eigenvalue weighted by atomic mass is 9.84. The minimum Gasteiger partial charge on any atom is -0.298 e. The minimum absolute atomic E-state index is 0.710. The molecule has 32 heavy (non-hydrogen) atoms. The van der Waals surface area contributed by atoms with Crippen LogP contribution in [0.3, 0.4) is 0 Å². The smallest absolute Gasteiger partial charge is 0.150 e. The van der Waals surface area contributed by atoms with Gasteiger partial charge in [-0.15, -0.1) is 0 Å². The van der Waals surface area contributed by atoms with Crippen LogP contribution in [0.25, 0.3) is 54.6 Å². The Kier molecular flexibility index (Phi) is 4.33. The number of carbonyl (C=O) groups excluding carboxylic acids is 1. The van der Waals surface area contributed by atoms with Gasteiger partial charge in [0.1, 0.15) is 0 Å². The van der Waals surface area contributed by atoms with E-state index < -0.39 is 0 Å². The van der Waals surface area contributed by atoms with Crippen molar-refractivity contribution >= 4 is 38.6 Å². The lowest BCUT2D eigenvalue weighted by Crippen LogP contribution is -1.93. The highest BCUT2D eigenvalue weighted by Crippen LogP contribution is 2.44. The monoisotopic (exact) mass is 408 g/mol. The van der Waals surface area contributed by atoms with Crippen molar-refractivity contribution < 1.29 is 4.79 Å². The summed E-state index contributed by atoms with van der Waals surface area (Å²) in [4.78, 5) is 11.9. The largest absolute Gasteiger partial charge is 0.298 e. The van der Waals surface area contributed by atoms with E-state index in [0.29, 0.717) is 5.56 Å². The summed E-state index contributed by atoms with van der Waals surface area (Å²) in [7, 11) is 0. The van der Waals surface area contributed by atoms with E-state index in [-0.39, 0.29) is 0 Å². The van der Waals surface area contributed by atoms with Crippen LogP contribution in [-0.4, -0.2) is 6.29 Å². The first-order valence-corrected chi connectivity index (χ1v) is 10.8. The molecule has 0 unspecified atom stereocenters. The lowest BCUT2D eigenvalue weighted by Gasteiger charge is -2.18. The summed E-state index contributed by atoms with van der Waals surface area (Å²) in [5.41, 5.74) is 5.23. The van der Waals surface area contributed by atoms with Crippen molar-refractivity contribution in [3.8, 4) is 22.3 Å². The SMILES string of the molecule is O=Cc1ccccc1-c1c2ccccc2c(-c2ccc3ccccc3c2)c2ccccc12. The molecule has 0 bridgehead atoms. The fourth-order valence-electron chi connectivity index (χ4n) is 4.90. The van der Waals surface area contributed by atoms with E-state index in [2.05, 4.69) is 91.0 Å². The van der Waals surface area contributed by atoms with Crippen molar-refractivity contribution in [3.05, 3.63) is 121 Å². The maximum atomic E-state index is 11.9. The summed E-state index contributed by atoms with van der Waals surface area (Å²) in [6, 6.07) is 40.1. The first-order chi connectivity index (χ1) is 15.8. The van der Waals surface area contributed by atoms with Crippen LogP contribution in [-0.2, 0) is 0 Å². The molecule has 0 aliphatic carbocycles. The third kappa shape index (κ3) is 2.83. The van der Waals surface area contributed by atoms with Gasteiger partial charge in [-0.25, -0.2) is 0 Å². The number of hydrogen-bond donors (Lipinski definition) is 0. The highest BCUT2D eigenvalue weighted by molar-refractivity contribution is 6.22. The number of carbonyl (C=O) groups is 1. The van der Waals surface area contributed by atoms with Gasteiger partial charge in [0.25, 0.3) is 0 Å². The van der Waals surface area contributed by atoms with Crippen LogP contribution in [0.15, 0.2) is 115 Å². The van der Waals surface area contributed by atoms with Crippen LogP contribution >= 0.6 is 0 Å². The van der Waals surface area contributed by atoms with Crippen LogP contribution in [0.4, 0.5) is 0 Å². The Morgan fingerprint density at radius 2 is 1.00 bits per heavy atom. The van der Waals surface area contributed by atoms with Crippen molar-refractivity contribution in [2.75, 3.05) is 0 Å². The Labute approximate surface area is 186 Å². The Bertz CT molecular complexity index is 1580. The number of aldehydes is 1. The van der Waals surface area contributed by atoms with Crippen molar-refractivity contribution in [1.29, 1.82) is 0 Å². The van der Waals surface area contributed by atoms with Gasteiger partial charge in [0, 0.05) is 5.56 Å². The number of benzene rings is 6. The molecule has 0 spiro atoms. The molecule has 1 heteroatoms. The van der Waals surface area contributed by atoms with Crippen molar-refractivity contribution in [3.63, 3.8) is 0 Å². The molecule has 0 saturated heterocycles. The summed E-state index contributed by atoms with van der Waals surface area (Å²) < 4.78 is 0. The van der Waals surface area contributed by atoms with Crippen molar-refractivity contribution in [1.82, 2.24) is 0 Å². The minimum atomic E-state index is 0.710. The van der Waals surface area contributed by atoms with Crippen LogP contribution in [0, 0.1) is 0 Å². The van der Waals surface area contributed by atoms with Gasteiger partial charge in [0.05, 0.1) is 0 Å². The molecule has 0 saturated carbocycles. The standard InChI is InChI=1S/C31H20O/c32-20-24-11-3-4-12-25(24)31-28-15-7-5-13-26(28)30(27-14-6-8-16-29(27)31)23-18-17-21-9-1-2-10-22(21)19-23/h1-20H. The molecule has 0 heterocycles. The highest BCUT2D eigenvalue weighted by atomic mass is 16.1. The zero-order chi connectivity index (χ0) is 21.5. The fraction of sp³-hybridized carbons (Fsp3) is 0. The summed E-state index contributed by atoms with van der Waals surface area (Å²) in [6.45, 7) is 0. The average molecular weight is 409 g/mol. The molecule has 0 atom stereocenters. The Morgan fingerprint density at radius 1 is 0.469 bits per heavy atom. The van der Waals surface area contributed by atoms with E-state index >= 15 is 0 Å². The average Bonchev–Trinajstić information content (AvgIpc) is 2.87. The van der Waals surface area contributed by atoms with E-state index in [9.17, 15) is 4.79 Å². The van der Waals surface area contributed by atoms with Crippen molar-refractivity contribution in [2.45, 2.75) is 0 Å². The summed E-state index contributed by atoms with van der Waals surface area (Å²) in [6.07, 6.45) is 0.954. The molecule has 6 aromatic carbocycles. The molecular formula is C31H20O. The van der Waals surface area contributed by atoms with Gasteiger partial charge < -0.3 is 0 Å². The van der Waals surface area contributed by atoms with E-state index in [1.54, 1.807) is 0 Å². The topological polar surface area (TPSA) is 17.1 Å². The third-order valence-electron chi connectivity index (χ3n) is 6.33. The van der Waals surface area contributed by atoms with Gasteiger partial charge >= 0.3 is 0 Å². The summed E-state index contributed by atoms with van der Waals surface area (Å²) in [5, 5.41) is 7.16. The number of hydrogen-bond acceptors (Lipinski definition) is 1. The lowest BCUT2D eigenvalue weighted by molar-refractivity contribution is 0.112. The maximum absolute atomic E-state index is 11.9. The first kappa shape index (κ1) is 18.5. The first-order valence-electron chi connectivity index (χ1n) is 10.8. The summed E-state index contributed by atoms with van der Waals surface area (Å²) in [5.74, 6) is 0. The second-order valence-corrected chi connectivity index (χ2v) is 8.11. The molecule has 0 aliphatic heterocycles. The zero-order valence-electron chi connectivity index (χ0n) is 17.5. The Balaban J connectivity index is 1.79. The van der Waals surface area contributed by atoms with Gasteiger partial charge in [-0.2, -0.15) is 0 Å². The number of rotatable bonds is 3. The Hall–Kier alpha value is -4.23. The molecule has 0 aliphatic rings. The van der Waals surface area contributed by atoms with Crippen LogP contribution < -0.4 is 0 Å². The van der Waals surface area contributed by atoms with Gasteiger partial charge in [-0.3, -0.25) is 4.79 Å². The maximum Gasteiger partial charge on any atom is 0.150 e. The molecule has 0 fully saturated rings. The van der Waals surface area contributed by atoms with E-state index in [1.165, 1.54) is 32.7 Å². The van der Waals surface area contributed by atoms with Crippen LogP contribution in [0.5, 0.6) is 0 Å². The van der Waals surface area contributed by atoms with Gasteiger partial charge in [0.2, 0.25) is 0 Å². The zero-order valence-corrected chi connectivity index (χ0v) is 17.5. The molecule has 0 N–H and O–H groups in total. The van der Waals surface area contributed by atoms with Crippen LogP contribution in [0.2, 0.25) is 0 Å². The van der Waals surface area contributed by atoms with Gasteiger partial charge in [-0.1, -0.05) is 109 Å². The predicted octanol–water partition coefficient (Wildman–Crippen LogP) is 8.29. The quantitative estimate of drug-likeness (QED) is 0.213. The molecule has 0 amide bonds. The molecule has 1 nitrogen and oxygen atoms in total. The van der Waals surface area contributed by atoms with E-state index in [4.69, 9.17) is 0 Å². The second kappa shape index (κ2) is 7.47. The van der Waals surface area contributed by atoms with Gasteiger partial charge in [0.15, 0.2) is 6.29 Å². The molecule has 6 aromatic rings. The third-order valence-corrected chi connectivity index (χ3v) is 6.33. The number of fused-ring (bicyclic) bond motifs is 3. The highest BCUT2D eigenvalue weighted by Gasteiger charge is 2.17. The van der Waals surface area contributed by atoms with Crippen LogP contribution in [0.1, 0.15) is 10.4 Å². The second-order valence-electron chi connectivity index (χ2n) is 8.11. The van der Waals surface area contributed by atoms with E-state index in [1.807, 2.05) is 24.3 Å². The van der Waals surface area contributed by atoms with Crippen molar-refractivity contribution in [2.24, 2.45) is 0 Å². The van der Waals surface area contributed by atoms with E-state index in [0.717, 1.165) is 28.2 Å². The normalized spacial score (nSPS) is 11.2. The molecule has 0 radical (unpaired) electrons. The molecule has 6 rings (SSSR count). The summed E-state index contributed by atoms with van der Waals surface area (Å²) >= 11 is 0. The predicted molar refractivity (Wildman–Crippen MR) is 135 cm³/mol. The molecular weight excluding hydrogens is 388 g/mol. The Morgan fingerprint density at radius 3 is 1.66 bits per heavy atom. The molecule has 150 valence electrons. The van der Waals surface area contributed by atoms with Gasteiger partial charge in [-0.05, 0) is 60.6 Å². The fourth-order valence-corrected chi connectivity index (χ4v) is 4.90.